The van der Waals surface area contributed by atoms with E-state index in [2.05, 4.69) is 20.5 Å². The molecule has 0 saturated heterocycles. The Labute approximate surface area is 158 Å². The first-order valence-corrected chi connectivity index (χ1v) is 8.13. The molecule has 0 saturated carbocycles. The highest BCUT2D eigenvalue weighted by Crippen LogP contribution is 2.28. The van der Waals surface area contributed by atoms with Gasteiger partial charge in [-0.2, -0.15) is 5.10 Å². The van der Waals surface area contributed by atoms with Gasteiger partial charge in [-0.25, -0.2) is 4.99 Å². The van der Waals surface area contributed by atoms with Crippen LogP contribution in [-0.2, 0) is 0 Å². The van der Waals surface area contributed by atoms with Crippen molar-refractivity contribution in [3.63, 3.8) is 0 Å². The molecule has 1 heterocycles. The third kappa shape index (κ3) is 3.79. The number of amides is 1. The van der Waals surface area contributed by atoms with Crippen molar-refractivity contribution in [1.82, 2.24) is 10.2 Å². The molecule has 0 aliphatic carbocycles. The molecule has 3 aromatic rings. The molecule has 0 radical (unpaired) electrons. The van der Waals surface area contributed by atoms with Gasteiger partial charge in [0.05, 0.1) is 10.6 Å². The second-order valence-electron chi connectivity index (χ2n) is 5.23. The molecule has 0 bridgehead atoms. The SMILES string of the molecule is NC(=O)c1c(N=Cc2c(O)cccc2Cl)n[nH]c1Nc1cccc(Cl)c1. The summed E-state index contributed by atoms with van der Waals surface area (Å²) in [5.41, 5.74) is 6.46. The first-order valence-electron chi connectivity index (χ1n) is 7.38. The molecule has 9 heteroatoms. The van der Waals surface area contributed by atoms with Crippen LogP contribution < -0.4 is 11.1 Å². The average Bonchev–Trinajstić information content (AvgIpc) is 2.97. The van der Waals surface area contributed by atoms with Crippen LogP contribution >= 0.6 is 23.2 Å². The van der Waals surface area contributed by atoms with E-state index in [9.17, 15) is 9.90 Å². The van der Waals surface area contributed by atoms with E-state index in [0.29, 0.717) is 21.3 Å². The summed E-state index contributed by atoms with van der Waals surface area (Å²) >= 11 is 12.0. The molecule has 7 nitrogen and oxygen atoms in total. The number of hydrogen-bond acceptors (Lipinski definition) is 5. The number of hydrogen-bond donors (Lipinski definition) is 4. The fraction of sp³-hybridized carbons (Fsp3) is 0. The zero-order valence-corrected chi connectivity index (χ0v) is 14.7. The van der Waals surface area contributed by atoms with Crippen molar-refractivity contribution in [2.45, 2.75) is 0 Å². The standard InChI is InChI=1S/C17H13Cl2N5O2/c18-9-3-1-4-10(7-9)22-17-14(15(20)26)16(23-24-17)21-8-11-12(19)5-2-6-13(11)25/h1-8,25H,(H2,20,26)(H2,22,23,24). The largest absolute Gasteiger partial charge is 0.507 e. The molecule has 2 aromatic carbocycles. The maximum Gasteiger partial charge on any atom is 0.256 e. The van der Waals surface area contributed by atoms with E-state index in [1.807, 2.05) is 0 Å². The molecule has 0 unspecified atom stereocenters. The molecule has 0 spiro atoms. The fourth-order valence-corrected chi connectivity index (χ4v) is 2.65. The summed E-state index contributed by atoms with van der Waals surface area (Å²) in [6, 6.07) is 11.6. The van der Waals surface area contributed by atoms with Crippen LogP contribution in [0.2, 0.25) is 10.0 Å². The minimum absolute atomic E-state index is 0.0466. The number of aliphatic imine (C=N–C) groups is 1. The number of anilines is 2. The number of aromatic amines is 1. The second-order valence-corrected chi connectivity index (χ2v) is 6.07. The molecule has 26 heavy (non-hydrogen) atoms. The third-order valence-corrected chi connectivity index (χ3v) is 4.00. The van der Waals surface area contributed by atoms with Gasteiger partial charge in [-0.05, 0) is 30.3 Å². The molecule has 1 aromatic heterocycles. The van der Waals surface area contributed by atoms with Crippen LogP contribution in [0.5, 0.6) is 5.75 Å². The summed E-state index contributed by atoms with van der Waals surface area (Å²) in [5, 5.41) is 20.3. The number of carbonyl (C=O) groups excluding carboxylic acids is 1. The predicted molar refractivity (Wildman–Crippen MR) is 102 cm³/mol. The topological polar surface area (TPSA) is 116 Å². The molecular weight excluding hydrogens is 377 g/mol. The Kier molecular flexibility index (Phi) is 5.11. The van der Waals surface area contributed by atoms with Crippen LogP contribution in [-0.4, -0.2) is 27.4 Å². The van der Waals surface area contributed by atoms with Crippen LogP contribution in [0.3, 0.4) is 0 Å². The number of aromatic hydroxyl groups is 1. The highest BCUT2D eigenvalue weighted by atomic mass is 35.5. The van der Waals surface area contributed by atoms with Gasteiger partial charge in [-0.1, -0.05) is 35.3 Å². The van der Waals surface area contributed by atoms with E-state index in [1.165, 1.54) is 12.3 Å². The van der Waals surface area contributed by atoms with Crippen molar-refractivity contribution < 1.29 is 9.90 Å². The summed E-state index contributed by atoms with van der Waals surface area (Å²) in [7, 11) is 0. The maximum atomic E-state index is 11.9. The Hall–Kier alpha value is -3.03. The summed E-state index contributed by atoms with van der Waals surface area (Å²) in [5.74, 6) is -0.440. The Morgan fingerprint density at radius 3 is 2.73 bits per heavy atom. The van der Waals surface area contributed by atoms with Crippen molar-refractivity contribution >= 4 is 52.6 Å². The summed E-state index contributed by atoms with van der Waals surface area (Å²) in [4.78, 5) is 16.0. The van der Waals surface area contributed by atoms with Gasteiger partial charge in [0, 0.05) is 16.9 Å². The molecule has 0 aliphatic rings. The second kappa shape index (κ2) is 7.47. The van der Waals surface area contributed by atoms with E-state index in [4.69, 9.17) is 28.9 Å². The van der Waals surface area contributed by atoms with E-state index in [0.717, 1.165) is 0 Å². The quantitative estimate of drug-likeness (QED) is 0.493. The van der Waals surface area contributed by atoms with Crippen LogP contribution in [0.25, 0.3) is 0 Å². The lowest BCUT2D eigenvalue weighted by Gasteiger charge is -2.05. The van der Waals surface area contributed by atoms with Crippen LogP contribution in [0.1, 0.15) is 15.9 Å². The number of benzene rings is 2. The van der Waals surface area contributed by atoms with Gasteiger partial charge < -0.3 is 16.2 Å². The van der Waals surface area contributed by atoms with Gasteiger partial charge in [-0.3, -0.25) is 9.89 Å². The molecule has 3 rings (SSSR count). The number of nitrogens with one attached hydrogen (secondary N) is 2. The van der Waals surface area contributed by atoms with E-state index in [1.54, 1.807) is 36.4 Å². The summed E-state index contributed by atoms with van der Waals surface area (Å²) in [6.45, 7) is 0. The first-order chi connectivity index (χ1) is 12.5. The monoisotopic (exact) mass is 389 g/mol. The minimum atomic E-state index is -0.723. The van der Waals surface area contributed by atoms with Gasteiger partial charge in [0.25, 0.3) is 5.91 Å². The number of phenolic OH excluding ortho intramolecular Hbond substituents is 1. The molecule has 132 valence electrons. The number of aromatic nitrogens is 2. The van der Waals surface area contributed by atoms with Crippen molar-refractivity contribution in [2.24, 2.45) is 10.7 Å². The number of phenols is 1. The zero-order chi connectivity index (χ0) is 18.7. The van der Waals surface area contributed by atoms with Crippen molar-refractivity contribution in [3.05, 3.63) is 63.6 Å². The Bertz CT molecular complexity index is 980. The van der Waals surface area contributed by atoms with Crippen LogP contribution in [0.4, 0.5) is 17.3 Å². The van der Waals surface area contributed by atoms with Crippen molar-refractivity contribution in [1.29, 1.82) is 0 Å². The molecule has 0 atom stereocenters. The van der Waals surface area contributed by atoms with Gasteiger partial charge >= 0.3 is 0 Å². The van der Waals surface area contributed by atoms with E-state index < -0.39 is 5.91 Å². The van der Waals surface area contributed by atoms with E-state index >= 15 is 0 Å². The Morgan fingerprint density at radius 2 is 2.04 bits per heavy atom. The number of nitrogens with two attached hydrogens (primary N) is 1. The Morgan fingerprint density at radius 1 is 1.27 bits per heavy atom. The molecule has 0 fully saturated rings. The first kappa shape index (κ1) is 17.8. The van der Waals surface area contributed by atoms with Gasteiger partial charge in [0.1, 0.15) is 17.1 Å². The summed E-state index contributed by atoms with van der Waals surface area (Å²) < 4.78 is 0. The fourth-order valence-electron chi connectivity index (χ4n) is 2.24. The Balaban J connectivity index is 1.95. The number of halogens is 2. The predicted octanol–water partition coefficient (Wildman–Crippen LogP) is 4.02. The summed E-state index contributed by atoms with van der Waals surface area (Å²) in [6.07, 6.45) is 1.31. The number of H-pyrrole nitrogens is 1. The number of rotatable bonds is 5. The lowest BCUT2D eigenvalue weighted by atomic mass is 10.2. The smallest absolute Gasteiger partial charge is 0.256 e. The maximum absolute atomic E-state index is 11.9. The lowest BCUT2D eigenvalue weighted by molar-refractivity contribution is 0.100. The van der Waals surface area contributed by atoms with Crippen molar-refractivity contribution in [2.75, 3.05) is 5.32 Å². The number of primary amides is 1. The molecule has 5 N–H and O–H groups in total. The van der Waals surface area contributed by atoms with E-state index in [-0.39, 0.29) is 22.9 Å². The molecule has 0 aliphatic heterocycles. The third-order valence-electron chi connectivity index (χ3n) is 3.43. The number of nitrogens with zero attached hydrogens (tertiary/aromatic N) is 2. The normalized spacial score (nSPS) is 11.0. The lowest BCUT2D eigenvalue weighted by Crippen LogP contribution is -2.12. The molecule has 1 amide bonds. The minimum Gasteiger partial charge on any atom is -0.507 e. The highest BCUT2D eigenvalue weighted by molar-refractivity contribution is 6.33. The molecular formula is C17H13Cl2N5O2. The van der Waals surface area contributed by atoms with Crippen LogP contribution in [0, 0.1) is 0 Å². The van der Waals surface area contributed by atoms with Gasteiger partial charge in [0.15, 0.2) is 5.82 Å². The van der Waals surface area contributed by atoms with Crippen LogP contribution in [0.15, 0.2) is 47.5 Å². The zero-order valence-electron chi connectivity index (χ0n) is 13.2. The van der Waals surface area contributed by atoms with Gasteiger partial charge in [0.2, 0.25) is 0 Å². The van der Waals surface area contributed by atoms with Crippen molar-refractivity contribution in [3.8, 4) is 5.75 Å². The number of carbonyl (C=O) groups is 1. The average molecular weight is 390 g/mol. The highest BCUT2D eigenvalue weighted by Gasteiger charge is 2.18. The van der Waals surface area contributed by atoms with Gasteiger partial charge in [-0.15, -0.1) is 0 Å².